The van der Waals surface area contributed by atoms with Crippen LogP contribution in [0.3, 0.4) is 0 Å². The third-order valence-corrected chi connectivity index (χ3v) is 3.68. The predicted molar refractivity (Wildman–Crippen MR) is 66.0 cm³/mol. The topological polar surface area (TPSA) is 95.3 Å². The van der Waals surface area contributed by atoms with Crippen molar-refractivity contribution in [2.45, 2.75) is 18.9 Å². The van der Waals surface area contributed by atoms with Crippen LogP contribution in [0.5, 0.6) is 0 Å². The summed E-state index contributed by atoms with van der Waals surface area (Å²) in [5, 5.41) is 2.90. The van der Waals surface area contributed by atoms with E-state index < -0.39 is 11.1 Å². The zero-order valence-electron chi connectivity index (χ0n) is 9.55. The van der Waals surface area contributed by atoms with Crippen LogP contribution in [-0.4, -0.2) is 19.7 Å². The van der Waals surface area contributed by atoms with Gasteiger partial charge in [-0.2, -0.15) is 0 Å². The van der Waals surface area contributed by atoms with Crippen LogP contribution < -0.4 is 5.32 Å². The van der Waals surface area contributed by atoms with Gasteiger partial charge in [0.2, 0.25) is 5.91 Å². The highest BCUT2D eigenvalue weighted by Gasteiger charge is 2.14. The summed E-state index contributed by atoms with van der Waals surface area (Å²) in [5.74, 6) is 0.205. The number of amides is 1. The van der Waals surface area contributed by atoms with Crippen molar-refractivity contribution in [2.24, 2.45) is 0 Å². The molecule has 0 aliphatic carbocycles. The van der Waals surface area contributed by atoms with Crippen molar-refractivity contribution in [3.8, 4) is 10.6 Å². The smallest absolute Gasteiger partial charge is 0.223 e. The van der Waals surface area contributed by atoms with E-state index in [4.69, 9.17) is 4.42 Å². The fraction of sp³-hybridized carbons (Fsp3) is 0.200. The maximum Gasteiger partial charge on any atom is 0.223 e. The van der Waals surface area contributed by atoms with Gasteiger partial charge < -0.3 is 14.3 Å². The molecule has 0 spiro atoms. The Morgan fingerprint density at radius 1 is 1.56 bits per heavy atom. The van der Waals surface area contributed by atoms with E-state index in [1.54, 1.807) is 13.0 Å². The van der Waals surface area contributed by atoms with Gasteiger partial charge in [0.15, 0.2) is 10.2 Å². The van der Waals surface area contributed by atoms with Crippen molar-refractivity contribution in [1.29, 1.82) is 0 Å². The largest absolute Gasteiger partial charge is 0.766 e. The lowest BCUT2D eigenvalue weighted by molar-refractivity contribution is -0.114. The van der Waals surface area contributed by atoms with Gasteiger partial charge in [-0.05, 0) is 19.1 Å². The summed E-state index contributed by atoms with van der Waals surface area (Å²) in [5.41, 5.74) is 0.668. The second-order valence-electron chi connectivity index (χ2n) is 3.47. The van der Waals surface area contributed by atoms with Crippen molar-refractivity contribution in [3.05, 3.63) is 17.8 Å². The molecule has 0 saturated carbocycles. The predicted octanol–water partition coefficient (Wildman–Crippen LogP) is 1.91. The van der Waals surface area contributed by atoms with Gasteiger partial charge >= 0.3 is 0 Å². The summed E-state index contributed by atoms with van der Waals surface area (Å²) in [4.78, 5) is 15.8. The summed E-state index contributed by atoms with van der Waals surface area (Å²) < 4.78 is 26.6. The van der Waals surface area contributed by atoms with E-state index >= 15 is 0 Å². The summed E-state index contributed by atoms with van der Waals surface area (Å²) in [7, 11) is 0. The summed E-state index contributed by atoms with van der Waals surface area (Å²) in [6, 6.07) is 2.93. The van der Waals surface area contributed by atoms with E-state index in [-0.39, 0.29) is 11.0 Å². The number of rotatable bonds is 3. The zero-order valence-corrected chi connectivity index (χ0v) is 11.2. The van der Waals surface area contributed by atoms with E-state index in [0.717, 1.165) is 0 Å². The number of nitrogens with one attached hydrogen (secondary N) is 1. The number of anilines is 1. The molecule has 0 aliphatic rings. The Kier molecular flexibility index (Phi) is 3.60. The highest BCUT2D eigenvalue weighted by atomic mass is 32.2. The Balaban J connectivity index is 2.34. The molecule has 1 atom stereocenters. The number of hydrogen-bond acceptors (Lipinski definition) is 6. The number of furan rings is 1. The molecule has 0 bridgehead atoms. The standard InChI is InChI=1S/C10H10N2O4S2/c1-5-9(17-10(11-5)12-6(2)13)7-3-4-8(16-7)18(14)15/h3-4H,1-2H3,(H,14,15)(H,11,12,13)/p-1. The SMILES string of the molecule is CC(=O)Nc1nc(C)c(-c2ccc(S(=O)[O-])o2)s1. The number of aryl methyl sites for hydroxylation is 1. The van der Waals surface area contributed by atoms with E-state index in [2.05, 4.69) is 10.3 Å². The van der Waals surface area contributed by atoms with E-state index in [1.165, 1.54) is 24.3 Å². The van der Waals surface area contributed by atoms with Gasteiger partial charge in [0.25, 0.3) is 0 Å². The first-order chi connectivity index (χ1) is 8.47. The van der Waals surface area contributed by atoms with Gasteiger partial charge in [-0.15, -0.1) is 0 Å². The molecule has 1 unspecified atom stereocenters. The highest BCUT2D eigenvalue weighted by molar-refractivity contribution is 7.79. The molecule has 0 saturated heterocycles. The molecule has 96 valence electrons. The van der Waals surface area contributed by atoms with Gasteiger partial charge in [0.1, 0.15) is 5.76 Å². The van der Waals surface area contributed by atoms with Crippen LogP contribution in [0.25, 0.3) is 10.6 Å². The van der Waals surface area contributed by atoms with Gasteiger partial charge in [-0.1, -0.05) is 11.3 Å². The molecule has 0 radical (unpaired) electrons. The van der Waals surface area contributed by atoms with E-state index in [1.807, 2.05) is 0 Å². The Morgan fingerprint density at radius 2 is 2.28 bits per heavy atom. The molecule has 6 nitrogen and oxygen atoms in total. The molecule has 2 rings (SSSR count). The highest BCUT2D eigenvalue weighted by Crippen LogP contribution is 2.34. The number of thiazole rings is 1. The molecule has 2 heterocycles. The number of nitrogens with zero attached hydrogens (tertiary/aromatic N) is 1. The zero-order chi connectivity index (χ0) is 13.3. The van der Waals surface area contributed by atoms with E-state index in [0.29, 0.717) is 21.5 Å². The molecule has 1 amide bonds. The molecule has 2 aromatic rings. The molecule has 2 aromatic heterocycles. The fourth-order valence-corrected chi connectivity index (χ4v) is 2.67. The van der Waals surface area contributed by atoms with Gasteiger partial charge in [-0.3, -0.25) is 9.00 Å². The molecular formula is C10H9N2O4S2-. The lowest BCUT2D eigenvalue weighted by Gasteiger charge is -1.98. The molecule has 18 heavy (non-hydrogen) atoms. The number of aromatic nitrogens is 1. The molecule has 0 aromatic carbocycles. The lowest BCUT2D eigenvalue weighted by atomic mass is 10.3. The maximum atomic E-state index is 10.9. The van der Waals surface area contributed by atoms with Crippen LogP contribution in [-0.2, 0) is 15.9 Å². The van der Waals surface area contributed by atoms with Gasteiger partial charge in [0.05, 0.1) is 10.6 Å². The van der Waals surface area contributed by atoms with Gasteiger partial charge in [0, 0.05) is 18.0 Å². The van der Waals surface area contributed by atoms with Crippen molar-refractivity contribution >= 4 is 33.5 Å². The maximum absolute atomic E-state index is 10.9. The van der Waals surface area contributed by atoms with Crippen molar-refractivity contribution in [2.75, 3.05) is 5.32 Å². The third kappa shape index (κ3) is 2.66. The van der Waals surface area contributed by atoms with Crippen LogP contribution in [0.1, 0.15) is 12.6 Å². The molecule has 8 heteroatoms. The minimum Gasteiger partial charge on any atom is -0.766 e. The second kappa shape index (κ2) is 5.01. The monoisotopic (exact) mass is 285 g/mol. The minimum atomic E-state index is -2.39. The Bertz CT molecular complexity index is 617. The average Bonchev–Trinajstić information content (AvgIpc) is 2.83. The molecule has 0 aliphatic heterocycles. The Labute approximate surface area is 109 Å². The lowest BCUT2D eigenvalue weighted by Crippen LogP contribution is -2.04. The molecule has 1 N–H and O–H groups in total. The minimum absolute atomic E-state index is 0.126. The number of hydrogen-bond donors (Lipinski definition) is 1. The normalized spacial score (nSPS) is 12.4. The van der Waals surface area contributed by atoms with Crippen LogP contribution >= 0.6 is 11.3 Å². The summed E-state index contributed by atoms with van der Waals surface area (Å²) in [6.07, 6.45) is 0. The first-order valence-electron chi connectivity index (χ1n) is 4.92. The first-order valence-corrected chi connectivity index (χ1v) is 6.81. The summed E-state index contributed by atoms with van der Waals surface area (Å²) in [6.45, 7) is 3.15. The Morgan fingerprint density at radius 3 is 2.83 bits per heavy atom. The average molecular weight is 285 g/mol. The van der Waals surface area contributed by atoms with Crippen molar-refractivity contribution in [1.82, 2.24) is 4.98 Å². The fourth-order valence-electron chi connectivity index (χ4n) is 1.36. The van der Waals surface area contributed by atoms with Crippen molar-refractivity contribution < 1.29 is 18.0 Å². The van der Waals surface area contributed by atoms with Crippen LogP contribution in [0.4, 0.5) is 5.13 Å². The quantitative estimate of drug-likeness (QED) is 0.869. The van der Waals surface area contributed by atoms with Crippen molar-refractivity contribution in [3.63, 3.8) is 0 Å². The van der Waals surface area contributed by atoms with Crippen LogP contribution in [0.15, 0.2) is 21.6 Å². The third-order valence-electron chi connectivity index (χ3n) is 2.05. The molecule has 0 fully saturated rings. The van der Waals surface area contributed by atoms with Gasteiger partial charge in [-0.25, -0.2) is 4.98 Å². The number of carbonyl (C=O) groups excluding carboxylic acids is 1. The van der Waals surface area contributed by atoms with Crippen LogP contribution in [0, 0.1) is 6.92 Å². The number of carbonyl (C=O) groups is 1. The summed E-state index contributed by atoms with van der Waals surface area (Å²) >= 11 is -1.16. The molecular weight excluding hydrogens is 276 g/mol. The second-order valence-corrected chi connectivity index (χ2v) is 5.34. The van der Waals surface area contributed by atoms with Crippen LogP contribution in [0.2, 0.25) is 0 Å². The van der Waals surface area contributed by atoms with E-state index in [9.17, 15) is 13.6 Å². The first kappa shape index (κ1) is 12.9. The Hall–Kier alpha value is -1.51.